The van der Waals surface area contributed by atoms with Crippen molar-refractivity contribution < 1.29 is 9.53 Å². The van der Waals surface area contributed by atoms with Crippen LogP contribution in [0.2, 0.25) is 0 Å². The number of carbonyl (C=O) groups is 1. The number of nitrogens with one attached hydrogen (secondary N) is 1. The lowest BCUT2D eigenvalue weighted by atomic mass is 9.91. The molecule has 0 radical (unpaired) electrons. The van der Waals surface area contributed by atoms with E-state index in [4.69, 9.17) is 4.74 Å². The quantitative estimate of drug-likeness (QED) is 0.774. The van der Waals surface area contributed by atoms with Crippen LogP contribution in [0.1, 0.15) is 66.2 Å². The van der Waals surface area contributed by atoms with Gasteiger partial charge in [-0.25, -0.2) is 4.79 Å². The van der Waals surface area contributed by atoms with E-state index in [1.807, 2.05) is 25.7 Å². The number of carbonyl (C=O) groups excluding carboxylic acids is 1. The van der Waals surface area contributed by atoms with Crippen LogP contribution < -0.4 is 5.32 Å². The molecule has 0 aromatic carbocycles. The van der Waals surface area contributed by atoms with Gasteiger partial charge in [0.1, 0.15) is 5.60 Å². The van der Waals surface area contributed by atoms with Crippen LogP contribution in [0.5, 0.6) is 0 Å². The van der Waals surface area contributed by atoms with Crippen LogP contribution in [-0.4, -0.2) is 42.3 Å². The molecule has 0 spiro atoms. The number of hydrogen-bond donors (Lipinski definition) is 1. The Hall–Kier alpha value is -1.03. The lowest BCUT2D eigenvalue weighted by molar-refractivity contribution is 0.0149. The molecule has 2 rings (SSSR count). The maximum atomic E-state index is 12.2. The van der Waals surface area contributed by atoms with Crippen LogP contribution in [0.25, 0.3) is 0 Å². The zero-order valence-corrected chi connectivity index (χ0v) is 15.4. The Kier molecular flexibility index (Phi) is 6.51. The van der Waals surface area contributed by atoms with Crippen LogP contribution in [-0.2, 0) is 4.74 Å². The average molecular weight is 322 g/mol. The topological polar surface area (TPSA) is 41.6 Å². The number of nitrogens with zero attached hydrogens (tertiary/aromatic N) is 1. The molecule has 0 aromatic rings. The van der Waals surface area contributed by atoms with Crippen molar-refractivity contribution in [1.82, 2.24) is 10.2 Å². The summed E-state index contributed by atoms with van der Waals surface area (Å²) in [6, 6.07) is 0.447. The minimum absolute atomic E-state index is 0.162. The minimum atomic E-state index is -0.414. The van der Waals surface area contributed by atoms with E-state index in [1.54, 1.807) is 5.57 Å². The van der Waals surface area contributed by atoms with E-state index in [0.717, 1.165) is 26.1 Å². The Bertz CT molecular complexity index is 426. The molecule has 1 saturated heterocycles. The molecule has 0 bridgehead atoms. The van der Waals surface area contributed by atoms with Crippen molar-refractivity contribution in [2.75, 3.05) is 19.6 Å². The summed E-state index contributed by atoms with van der Waals surface area (Å²) >= 11 is 0. The summed E-state index contributed by atoms with van der Waals surface area (Å²) in [4.78, 5) is 14.1. The van der Waals surface area contributed by atoms with E-state index >= 15 is 0 Å². The standard InChI is InChI=1S/C19H34N2O2/c1-15(20-12-11-16-8-5-6-9-16)17-10-7-13-21(14-17)18(22)23-19(2,3)4/h8,15,17,20H,5-7,9-14H2,1-4H3. The van der Waals surface area contributed by atoms with Crippen LogP contribution in [0.15, 0.2) is 11.6 Å². The molecular formula is C19H34N2O2. The number of likely N-dealkylation sites (tertiary alicyclic amines) is 1. The molecule has 23 heavy (non-hydrogen) atoms. The summed E-state index contributed by atoms with van der Waals surface area (Å²) in [5.41, 5.74) is 1.20. The predicted octanol–water partition coefficient (Wildman–Crippen LogP) is 4.11. The number of amides is 1. The average Bonchev–Trinajstić information content (AvgIpc) is 2.99. The number of rotatable bonds is 5. The molecule has 1 heterocycles. The van der Waals surface area contributed by atoms with Crippen molar-refractivity contribution in [2.24, 2.45) is 5.92 Å². The van der Waals surface area contributed by atoms with Gasteiger partial charge in [0.2, 0.25) is 0 Å². The van der Waals surface area contributed by atoms with Crippen molar-refractivity contribution >= 4 is 6.09 Å². The highest BCUT2D eigenvalue weighted by molar-refractivity contribution is 5.68. The van der Waals surface area contributed by atoms with E-state index in [0.29, 0.717) is 12.0 Å². The Morgan fingerprint density at radius 3 is 2.87 bits per heavy atom. The van der Waals surface area contributed by atoms with Crippen LogP contribution in [0, 0.1) is 5.92 Å². The second-order valence-corrected chi connectivity index (χ2v) is 8.08. The first-order chi connectivity index (χ1) is 10.8. The monoisotopic (exact) mass is 322 g/mol. The summed E-state index contributed by atoms with van der Waals surface area (Å²) in [6.07, 6.45) is 9.55. The van der Waals surface area contributed by atoms with Crippen molar-refractivity contribution in [2.45, 2.75) is 77.9 Å². The molecule has 2 atom stereocenters. The Labute approximate surface area is 141 Å². The van der Waals surface area contributed by atoms with Crippen LogP contribution >= 0.6 is 0 Å². The van der Waals surface area contributed by atoms with Crippen molar-refractivity contribution in [3.63, 3.8) is 0 Å². The third-order valence-corrected chi connectivity index (χ3v) is 4.86. The van der Waals surface area contributed by atoms with E-state index < -0.39 is 5.60 Å². The van der Waals surface area contributed by atoms with Gasteiger partial charge in [0.25, 0.3) is 0 Å². The fourth-order valence-corrected chi connectivity index (χ4v) is 3.50. The first-order valence-corrected chi connectivity index (χ1v) is 9.24. The minimum Gasteiger partial charge on any atom is -0.444 e. The highest BCUT2D eigenvalue weighted by Crippen LogP contribution is 2.23. The van der Waals surface area contributed by atoms with Crippen LogP contribution in [0.3, 0.4) is 0 Å². The molecule has 2 unspecified atom stereocenters. The molecule has 4 nitrogen and oxygen atoms in total. The van der Waals surface area contributed by atoms with Gasteiger partial charge in [-0.15, -0.1) is 0 Å². The lowest BCUT2D eigenvalue weighted by Gasteiger charge is -2.36. The third kappa shape index (κ3) is 6.17. The van der Waals surface area contributed by atoms with Gasteiger partial charge in [0.05, 0.1) is 0 Å². The Morgan fingerprint density at radius 2 is 2.22 bits per heavy atom. The molecule has 4 heteroatoms. The third-order valence-electron chi connectivity index (χ3n) is 4.86. The normalized spacial score (nSPS) is 23.6. The second-order valence-electron chi connectivity index (χ2n) is 8.08. The Morgan fingerprint density at radius 1 is 1.43 bits per heavy atom. The molecule has 1 fully saturated rings. The zero-order chi connectivity index (χ0) is 16.9. The molecule has 1 N–H and O–H groups in total. The first kappa shape index (κ1) is 18.3. The highest BCUT2D eigenvalue weighted by Gasteiger charge is 2.29. The summed E-state index contributed by atoms with van der Waals surface area (Å²) < 4.78 is 5.51. The number of piperidine rings is 1. The zero-order valence-electron chi connectivity index (χ0n) is 15.4. The van der Waals surface area contributed by atoms with E-state index in [2.05, 4.69) is 18.3 Å². The van der Waals surface area contributed by atoms with E-state index in [9.17, 15) is 4.79 Å². The molecular weight excluding hydrogens is 288 g/mol. The SMILES string of the molecule is CC(NCCC1=CCCC1)C1CCCN(C(=O)OC(C)(C)C)C1. The number of allylic oxidation sites excluding steroid dienone is 1. The van der Waals surface area contributed by atoms with Gasteiger partial charge in [-0.3, -0.25) is 0 Å². The molecule has 0 aromatic heterocycles. The number of ether oxygens (including phenoxy) is 1. The van der Waals surface area contributed by atoms with Crippen molar-refractivity contribution in [1.29, 1.82) is 0 Å². The van der Waals surface area contributed by atoms with Crippen LogP contribution in [0.4, 0.5) is 4.79 Å². The second kappa shape index (κ2) is 8.18. The predicted molar refractivity (Wildman–Crippen MR) is 94.5 cm³/mol. The Balaban J connectivity index is 1.74. The maximum Gasteiger partial charge on any atom is 0.410 e. The van der Waals surface area contributed by atoms with Gasteiger partial charge < -0.3 is 15.0 Å². The highest BCUT2D eigenvalue weighted by atomic mass is 16.6. The van der Waals surface area contributed by atoms with Crippen molar-refractivity contribution in [3.8, 4) is 0 Å². The number of hydrogen-bond acceptors (Lipinski definition) is 3. The van der Waals surface area contributed by atoms with E-state index in [1.165, 1.54) is 32.1 Å². The van der Waals surface area contributed by atoms with Gasteiger partial charge in [0, 0.05) is 19.1 Å². The summed E-state index contributed by atoms with van der Waals surface area (Å²) in [6.45, 7) is 10.7. The largest absolute Gasteiger partial charge is 0.444 e. The maximum absolute atomic E-state index is 12.2. The summed E-state index contributed by atoms with van der Waals surface area (Å²) in [7, 11) is 0. The molecule has 0 saturated carbocycles. The fourth-order valence-electron chi connectivity index (χ4n) is 3.50. The fraction of sp³-hybridized carbons (Fsp3) is 0.842. The van der Waals surface area contributed by atoms with Crippen molar-refractivity contribution in [3.05, 3.63) is 11.6 Å². The molecule has 1 amide bonds. The van der Waals surface area contributed by atoms with E-state index in [-0.39, 0.29) is 6.09 Å². The summed E-state index contributed by atoms with van der Waals surface area (Å²) in [5, 5.41) is 3.67. The lowest BCUT2D eigenvalue weighted by Crippen LogP contribution is -2.48. The van der Waals surface area contributed by atoms with Gasteiger partial charge >= 0.3 is 6.09 Å². The first-order valence-electron chi connectivity index (χ1n) is 9.24. The molecule has 132 valence electrons. The van der Waals surface area contributed by atoms with Gasteiger partial charge in [-0.1, -0.05) is 11.6 Å². The van der Waals surface area contributed by atoms with Gasteiger partial charge in [0.15, 0.2) is 0 Å². The summed E-state index contributed by atoms with van der Waals surface area (Å²) in [5.74, 6) is 0.522. The molecule has 2 aliphatic rings. The van der Waals surface area contributed by atoms with Gasteiger partial charge in [-0.05, 0) is 78.7 Å². The van der Waals surface area contributed by atoms with Gasteiger partial charge in [-0.2, -0.15) is 0 Å². The molecule has 1 aliphatic carbocycles. The smallest absolute Gasteiger partial charge is 0.410 e. The molecule has 1 aliphatic heterocycles.